The largest absolute Gasteiger partial charge is 0.352 e. The Balaban J connectivity index is 2.07. The standard InChI is InChI=1S/C12H15FN2O3S/c1-15(8-12(16)14-10-5-6-10)19(17,18)11-4-2-3-9(13)7-11/h2-4,7,10H,5-6,8H2,1H3,(H,14,16). The van der Waals surface area contributed by atoms with E-state index in [0.717, 1.165) is 23.2 Å². The second-order valence-corrected chi connectivity index (χ2v) is 6.61. The van der Waals surface area contributed by atoms with Gasteiger partial charge in [0.1, 0.15) is 5.82 Å². The van der Waals surface area contributed by atoms with E-state index in [-0.39, 0.29) is 23.4 Å². The van der Waals surface area contributed by atoms with Crippen LogP contribution in [-0.4, -0.2) is 38.3 Å². The van der Waals surface area contributed by atoms with E-state index in [9.17, 15) is 17.6 Å². The highest BCUT2D eigenvalue weighted by molar-refractivity contribution is 7.89. The van der Waals surface area contributed by atoms with E-state index in [1.165, 1.54) is 25.2 Å². The highest BCUT2D eigenvalue weighted by atomic mass is 32.2. The molecule has 5 nitrogen and oxygen atoms in total. The lowest BCUT2D eigenvalue weighted by atomic mass is 10.4. The Morgan fingerprint density at radius 3 is 2.74 bits per heavy atom. The van der Waals surface area contributed by atoms with Gasteiger partial charge in [0.15, 0.2) is 0 Å². The average molecular weight is 286 g/mol. The van der Waals surface area contributed by atoms with Crippen molar-refractivity contribution in [2.24, 2.45) is 0 Å². The third kappa shape index (κ3) is 3.51. The Hall–Kier alpha value is -1.47. The highest BCUT2D eigenvalue weighted by Gasteiger charge is 2.27. The van der Waals surface area contributed by atoms with Crippen molar-refractivity contribution < 1.29 is 17.6 Å². The summed E-state index contributed by atoms with van der Waals surface area (Å²) in [5.41, 5.74) is 0. The number of hydrogen-bond donors (Lipinski definition) is 1. The highest BCUT2D eigenvalue weighted by Crippen LogP contribution is 2.19. The van der Waals surface area contributed by atoms with Crippen LogP contribution in [0.1, 0.15) is 12.8 Å². The number of likely N-dealkylation sites (N-methyl/N-ethyl adjacent to an activating group) is 1. The van der Waals surface area contributed by atoms with Gasteiger partial charge in [0, 0.05) is 13.1 Å². The summed E-state index contributed by atoms with van der Waals surface area (Å²) in [6, 6.07) is 4.90. The third-order valence-corrected chi connectivity index (χ3v) is 4.61. The molecule has 0 spiro atoms. The Labute approximate surface area is 111 Å². The van der Waals surface area contributed by atoms with Crippen LogP contribution in [0.5, 0.6) is 0 Å². The summed E-state index contributed by atoms with van der Waals surface area (Å²) in [6.45, 7) is -0.269. The van der Waals surface area contributed by atoms with Crippen LogP contribution in [0, 0.1) is 5.82 Å². The van der Waals surface area contributed by atoms with Crippen molar-refractivity contribution in [3.63, 3.8) is 0 Å². The van der Waals surface area contributed by atoms with E-state index < -0.39 is 15.8 Å². The molecule has 1 fully saturated rings. The number of sulfonamides is 1. The van der Waals surface area contributed by atoms with Crippen LogP contribution in [0.15, 0.2) is 29.2 Å². The van der Waals surface area contributed by atoms with Crippen molar-refractivity contribution >= 4 is 15.9 Å². The van der Waals surface area contributed by atoms with Gasteiger partial charge in [-0.15, -0.1) is 0 Å². The lowest BCUT2D eigenvalue weighted by molar-refractivity contribution is -0.121. The van der Waals surface area contributed by atoms with Gasteiger partial charge in [0.25, 0.3) is 0 Å². The maximum atomic E-state index is 13.0. The van der Waals surface area contributed by atoms with Gasteiger partial charge in [-0.2, -0.15) is 4.31 Å². The number of halogens is 1. The molecule has 0 atom stereocenters. The van der Waals surface area contributed by atoms with E-state index in [1.54, 1.807) is 0 Å². The Kier molecular flexibility index (Phi) is 3.86. The first-order chi connectivity index (χ1) is 8.89. The van der Waals surface area contributed by atoms with Crippen LogP contribution in [0.4, 0.5) is 4.39 Å². The minimum atomic E-state index is -3.84. The van der Waals surface area contributed by atoms with Crippen LogP contribution < -0.4 is 5.32 Å². The molecule has 1 aromatic carbocycles. The van der Waals surface area contributed by atoms with Gasteiger partial charge in [0.2, 0.25) is 15.9 Å². The molecular weight excluding hydrogens is 271 g/mol. The summed E-state index contributed by atoms with van der Waals surface area (Å²) < 4.78 is 38.2. The van der Waals surface area contributed by atoms with Gasteiger partial charge in [-0.1, -0.05) is 6.07 Å². The van der Waals surface area contributed by atoms with Crippen LogP contribution >= 0.6 is 0 Å². The van der Waals surface area contributed by atoms with Gasteiger partial charge < -0.3 is 5.32 Å². The summed E-state index contributed by atoms with van der Waals surface area (Å²) in [4.78, 5) is 11.4. The zero-order chi connectivity index (χ0) is 14.0. The minimum Gasteiger partial charge on any atom is -0.352 e. The SMILES string of the molecule is CN(CC(=O)NC1CC1)S(=O)(=O)c1cccc(F)c1. The fourth-order valence-corrected chi connectivity index (χ4v) is 2.75. The molecule has 0 radical (unpaired) electrons. The number of carbonyl (C=O) groups excluding carboxylic acids is 1. The molecule has 1 aliphatic carbocycles. The zero-order valence-electron chi connectivity index (χ0n) is 10.5. The lowest BCUT2D eigenvalue weighted by Crippen LogP contribution is -2.39. The van der Waals surface area contributed by atoms with Gasteiger partial charge in [-0.3, -0.25) is 4.79 Å². The maximum absolute atomic E-state index is 13.0. The van der Waals surface area contributed by atoms with Crippen LogP contribution in [0.2, 0.25) is 0 Å². The van der Waals surface area contributed by atoms with Gasteiger partial charge >= 0.3 is 0 Å². The Morgan fingerprint density at radius 1 is 1.47 bits per heavy atom. The number of rotatable bonds is 5. The van der Waals surface area contributed by atoms with Crippen molar-refractivity contribution in [1.29, 1.82) is 0 Å². The molecule has 1 aliphatic rings. The molecule has 1 saturated carbocycles. The second kappa shape index (κ2) is 5.26. The summed E-state index contributed by atoms with van der Waals surface area (Å²) in [6.07, 6.45) is 1.87. The Morgan fingerprint density at radius 2 is 2.16 bits per heavy atom. The van der Waals surface area contributed by atoms with Crippen LogP contribution in [0.25, 0.3) is 0 Å². The molecule has 1 N–H and O–H groups in total. The minimum absolute atomic E-state index is 0.158. The molecule has 0 aromatic heterocycles. The summed E-state index contributed by atoms with van der Waals surface area (Å²) in [5, 5.41) is 2.70. The molecule has 0 unspecified atom stereocenters. The third-order valence-electron chi connectivity index (χ3n) is 2.81. The molecular formula is C12H15FN2O3S. The number of nitrogens with one attached hydrogen (secondary N) is 1. The van der Waals surface area contributed by atoms with E-state index in [4.69, 9.17) is 0 Å². The molecule has 0 heterocycles. The number of benzene rings is 1. The van der Waals surface area contributed by atoms with Crippen molar-refractivity contribution in [3.05, 3.63) is 30.1 Å². The van der Waals surface area contributed by atoms with Gasteiger partial charge in [-0.25, -0.2) is 12.8 Å². The molecule has 19 heavy (non-hydrogen) atoms. The molecule has 104 valence electrons. The average Bonchev–Trinajstić information content (AvgIpc) is 3.12. The summed E-state index contributed by atoms with van der Waals surface area (Å²) in [7, 11) is -2.54. The summed E-state index contributed by atoms with van der Waals surface area (Å²) in [5.74, 6) is -0.970. The smallest absolute Gasteiger partial charge is 0.243 e. The van der Waals surface area contributed by atoms with Crippen molar-refractivity contribution in [2.45, 2.75) is 23.8 Å². The molecule has 7 heteroatoms. The predicted octanol–water partition coefficient (Wildman–Crippen LogP) is 0.725. The molecule has 0 aliphatic heterocycles. The normalized spacial score (nSPS) is 15.5. The Bertz CT molecular complexity index is 584. The van der Waals surface area contributed by atoms with Crippen LogP contribution in [0.3, 0.4) is 0 Å². The molecule has 0 saturated heterocycles. The van der Waals surface area contributed by atoms with Crippen molar-refractivity contribution in [1.82, 2.24) is 9.62 Å². The van der Waals surface area contributed by atoms with E-state index >= 15 is 0 Å². The molecule has 2 rings (SSSR count). The number of nitrogens with zero attached hydrogens (tertiary/aromatic N) is 1. The first-order valence-electron chi connectivity index (χ1n) is 5.91. The van der Waals surface area contributed by atoms with E-state index in [1.807, 2.05) is 0 Å². The second-order valence-electron chi connectivity index (χ2n) is 4.56. The zero-order valence-corrected chi connectivity index (χ0v) is 11.3. The first-order valence-corrected chi connectivity index (χ1v) is 7.35. The summed E-state index contributed by atoms with van der Waals surface area (Å²) >= 11 is 0. The monoisotopic (exact) mass is 286 g/mol. The fourth-order valence-electron chi connectivity index (χ4n) is 1.60. The quantitative estimate of drug-likeness (QED) is 0.867. The fraction of sp³-hybridized carbons (Fsp3) is 0.417. The van der Waals surface area contributed by atoms with Gasteiger partial charge in [-0.05, 0) is 31.0 Å². The maximum Gasteiger partial charge on any atom is 0.243 e. The van der Waals surface area contributed by atoms with E-state index in [2.05, 4.69) is 5.32 Å². The lowest BCUT2D eigenvalue weighted by Gasteiger charge is -2.16. The van der Waals surface area contributed by atoms with Gasteiger partial charge in [0.05, 0.1) is 11.4 Å². The number of amides is 1. The molecule has 1 aromatic rings. The van der Waals surface area contributed by atoms with E-state index in [0.29, 0.717) is 0 Å². The molecule has 1 amide bonds. The topological polar surface area (TPSA) is 66.5 Å². The van der Waals surface area contributed by atoms with Crippen molar-refractivity contribution in [3.8, 4) is 0 Å². The van der Waals surface area contributed by atoms with Crippen molar-refractivity contribution in [2.75, 3.05) is 13.6 Å². The van der Waals surface area contributed by atoms with Crippen LogP contribution in [-0.2, 0) is 14.8 Å². The predicted molar refractivity (Wildman–Crippen MR) is 67.4 cm³/mol. The first kappa shape index (κ1) is 14.0. The number of hydrogen-bond acceptors (Lipinski definition) is 3. The number of carbonyl (C=O) groups is 1. The molecule has 0 bridgehead atoms.